The standard InChI is InChI=1S/C14H19N3O2S2/c1-4-11-7-16-14(20-11)8-17-21(18,19)13-6-10(3)9(2)5-12(13)15/h5-7,17H,4,8,15H2,1-3H3. The van der Waals surface area contributed by atoms with Gasteiger partial charge < -0.3 is 5.73 Å². The number of thiazole rings is 1. The molecule has 0 atom stereocenters. The van der Waals surface area contributed by atoms with Gasteiger partial charge in [-0.25, -0.2) is 18.1 Å². The van der Waals surface area contributed by atoms with Crippen LogP contribution in [0, 0.1) is 13.8 Å². The number of rotatable bonds is 5. The lowest BCUT2D eigenvalue weighted by molar-refractivity contribution is 0.581. The van der Waals surface area contributed by atoms with E-state index in [-0.39, 0.29) is 17.1 Å². The zero-order valence-corrected chi connectivity index (χ0v) is 13.9. The number of sulfonamides is 1. The molecule has 0 unspecified atom stereocenters. The van der Waals surface area contributed by atoms with E-state index in [4.69, 9.17) is 5.73 Å². The minimum Gasteiger partial charge on any atom is -0.398 e. The number of nitrogens with one attached hydrogen (secondary N) is 1. The summed E-state index contributed by atoms with van der Waals surface area (Å²) in [5.41, 5.74) is 7.97. The molecule has 0 aliphatic heterocycles. The lowest BCUT2D eigenvalue weighted by Gasteiger charge is -2.10. The van der Waals surface area contributed by atoms with E-state index in [2.05, 4.69) is 9.71 Å². The van der Waals surface area contributed by atoms with Crippen LogP contribution in [0.3, 0.4) is 0 Å². The normalized spacial score (nSPS) is 11.8. The lowest BCUT2D eigenvalue weighted by atomic mass is 10.1. The van der Waals surface area contributed by atoms with Gasteiger partial charge >= 0.3 is 0 Å². The number of aryl methyl sites for hydroxylation is 3. The van der Waals surface area contributed by atoms with Crippen molar-refractivity contribution in [2.75, 3.05) is 5.73 Å². The number of aromatic nitrogens is 1. The number of nitrogen functional groups attached to an aromatic ring is 1. The summed E-state index contributed by atoms with van der Waals surface area (Å²) in [6.07, 6.45) is 2.67. The first-order chi connectivity index (χ1) is 9.83. The monoisotopic (exact) mass is 325 g/mol. The van der Waals surface area contributed by atoms with Crippen molar-refractivity contribution >= 4 is 27.0 Å². The van der Waals surface area contributed by atoms with Crippen molar-refractivity contribution in [1.82, 2.24) is 9.71 Å². The van der Waals surface area contributed by atoms with Crippen LogP contribution in [0.2, 0.25) is 0 Å². The smallest absolute Gasteiger partial charge is 0.243 e. The second-order valence-corrected chi connectivity index (χ2v) is 7.81. The lowest BCUT2D eigenvalue weighted by Crippen LogP contribution is -2.24. The Labute approximate surface area is 129 Å². The fourth-order valence-electron chi connectivity index (χ4n) is 1.87. The number of hydrogen-bond acceptors (Lipinski definition) is 5. The minimum absolute atomic E-state index is 0.123. The van der Waals surface area contributed by atoms with Gasteiger partial charge in [-0.05, 0) is 43.5 Å². The Kier molecular flexibility index (Phi) is 4.65. The van der Waals surface area contributed by atoms with Crippen LogP contribution in [0.4, 0.5) is 5.69 Å². The molecule has 1 aromatic carbocycles. The zero-order chi connectivity index (χ0) is 15.6. The maximum atomic E-state index is 12.4. The Balaban J connectivity index is 2.20. The average molecular weight is 325 g/mol. The largest absolute Gasteiger partial charge is 0.398 e. The fraction of sp³-hybridized carbons (Fsp3) is 0.357. The predicted octanol–water partition coefficient (Wildman–Crippen LogP) is 2.38. The SMILES string of the molecule is CCc1cnc(CNS(=O)(=O)c2cc(C)c(C)cc2N)s1. The van der Waals surface area contributed by atoms with Gasteiger partial charge in [-0.1, -0.05) is 6.92 Å². The van der Waals surface area contributed by atoms with Crippen LogP contribution in [0.5, 0.6) is 0 Å². The van der Waals surface area contributed by atoms with Crippen LogP contribution in [-0.4, -0.2) is 13.4 Å². The van der Waals surface area contributed by atoms with Crippen LogP contribution in [0.25, 0.3) is 0 Å². The number of nitrogens with two attached hydrogens (primary N) is 1. The molecule has 0 bridgehead atoms. The van der Waals surface area contributed by atoms with Crippen LogP contribution >= 0.6 is 11.3 Å². The highest BCUT2D eigenvalue weighted by molar-refractivity contribution is 7.89. The van der Waals surface area contributed by atoms with E-state index >= 15 is 0 Å². The second-order valence-electron chi connectivity index (χ2n) is 4.87. The first kappa shape index (κ1) is 15.9. The van der Waals surface area contributed by atoms with Crippen molar-refractivity contribution in [3.8, 4) is 0 Å². The number of hydrogen-bond donors (Lipinski definition) is 2. The molecule has 2 rings (SSSR count). The van der Waals surface area contributed by atoms with Crippen LogP contribution in [0.15, 0.2) is 23.2 Å². The highest BCUT2D eigenvalue weighted by Gasteiger charge is 2.18. The van der Waals surface area contributed by atoms with Crippen molar-refractivity contribution in [3.63, 3.8) is 0 Å². The van der Waals surface area contributed by atoms with Gasteiger partial charge in [-0.2, -0.15) is 0 Å². The molecule has 3 N–H and O–H groups in total. The second kappa shape index (κ2) is 6.13. The summed E-state index contributed by atoms with van der Waals surface area (Å²) in [5.74, 6) is 0. The van der Waals surface area contributed by atoms with Gasteiger partial charge in [0.15, 0.2) is 0 Å². The van der Waals surface area contributed by atoms with Gasteiger partial charge in [-0.15, -0.1) is 11.3 Å². The van der Waals surface area contributed by atoms with Crippen LogP contribution in [-0.2, 0) is 23.0 Å². The molecule has 21 heavy (non-hydrogen) atoms. The predicted molar refractivity (Wildman–Crippen MR) is 85.8 cm³/mol. The van der Waals surface area contributed by atoms with Crippen molar-refractivity contribution in [1.29, 1.82) is 0 Å². The fourth-order valence-corrected chi connectivity index (χ4v) is 3.95. The van der Waals surface area contributed by atoms with Crippen molar-refractivity contribution in [2.24, 2.45) is 0 Å². The van der Waals surface area contributed by atoms with Crippen molar-refractivity contribution in [2.45, 2.75) is 38.6 Å². The Morgan fingerprint density at radius 2 is 1.95 bits per heavy atom. The van der Waals surface area contributed by atoms with Crippen molar-refractivity contribution in [3.05, 3.63) is 39.3 Å². The molecule has 0 amide bonds. The quantitative estimate of drug-likeness (QED) is 0.827. The molecular weight excluding hydrogens is 306 g/mol. The Morgan fingerprint density at radius 1 is 1.29 bits per heavy atom. The van der Waals surface area contributed by atoms with Gasteiger partial charge in [0.05, 0.1) is 12.2 Å². The molecule has 0 aliphatic rings. The van der Waals surface area contributed by atoms with E-state index in [0.29, 0.717) is 0 Å². The average Bonchev–Trinajstić information content (AvgIpc) is 2.88. The molecule has 5 nitrogen and oxygen atoms in total. The van der Waals surface area contributed by atoms with Gasteiger partial charge in [0.1, 0.15) is 9.90 Å². The summed E-state index contributed by atoms with van der Waals surface area (Å²) >= 11 is 1.51. The van der Waals surface area contributed by atoms with E-state index in [1.54, 1.807) is 18.3 Å². The van der Waals surface area contributed by atoms with Gasteiger partial charge in [0, 0.05) is 11.1 Å². The highest BCUT2D eigenvalue weighted by atomic mass is 32.2. The Bertz CT molecular complexity index is 752. The number of benzene rings is 1. The van der Waals surface area contributed by atoms with E-state index < -0.39 is 10.0 Å². The van der Waals surface area contributed by atoms with E-state index in [1.165, 1.54) is 11.3 Å². The minimum atomic E-state index is -3.63. The summed E-state index contributed by atoms with van der Waals surface area (Å²) in [6.45, 7) is 5.98. The zero-order valence-electron chi connectivity index (χ0n) is 12.3. The Hall–Kier alpha value is -1.44. The van der Waals surface area contributed by atoms with E-state index in [9.17, 15) is 8.42 Å². The molecule has 1 aromatic heterocycles. The summed E-state index contributed by atoms with van der Waals surface area (Å²) in [7, 11) is -3.63. The van der Waals surface area contributed by atoms with E-state index in [1.807, 2.05) is 20.8 Å². The molecule has 0 saturated carbocycles. The third kappa shape index (κ3) is 3.61. The summed E-state index contributed by atoms with van der Waals surface area (Å²) in [5, 5.41) is 0.748. The third-order valence-corrected chi connectivity index (χ3v) is 5.88. The first-order valence-corrected chi connectivity index (χ1v) is 8.93. The number of anilines is 1. The summed E-state index contributed by atoms with van der Waals surface area (Å²) in [4.78, 5) is 5.46. The highest BCUT2D eigenvalue weighted by Crippen LogP contribution is 2.23. The van der Waals surface area contributed by atoms with Gasteiger partial charge in [0.25, 0.3) is 0 Å². The maximum absolute atomic E-state index is 12.4. The Morgan fingerprint density at radius 3 is 2.57 bits per heavy atom. The molecule has 114 valence electrons. The molecule has 7 heteroatoms. The molecular formula is C14H19N3O2S2. The molecule has 1 heterocycles. The molecule has 2 aromatic rings. The van der Waals surface area contributed by atoms with Crippen LogP contribution < -0.4 is 10.5 Å². The van der Waals surface area contributed by atoms with Crippen molar-refractivity contribution < 1.29 is 8.42 Å². The topological polar surface area (TPSA) is 85.1 Å². The van der Waals surface area contributed by atoms with Gasteiger partial charge in [-0.3, -0.25) is 0 Å². The molecule has 0 fully saturated rings. The molecule has 0 spiro atoms. The maximum Gasteiger partial charge on any atom is 0.243 e. The molecule has 0 radical (unpaired) electrons. The first-order valence-electron chi connectivity index (χ1n) is 6.63. The molecule has 0 aliphatic carbocycles. The third-order valence-electron chi connectivity index (χ3n) is 3.28. The number of nitrogens with zero attached hydrogens (tertiary/aromatic N) is 1. The van der Waals surface area contributed by atoms with Crippen LogP contribution in [0.1, 0.15) is 27.9 Å². The summed E-state index contributed by atoms with van der Waals surface area (Å²) in [6, 6.07) is 3.29. The van der Waals surface area contributed by atoms with Gasteiger partial charge in [0.2, 0.25) is 10.0 Å². The van der Waals surface area contributed by atoms with E-state index in [0.717, 1.165) is 27.4 Å². The molecule has 0 saturated heterocycles. The summed E-state index contributed by atoms with van der Waals surface area (Å²) < 4.78 is 27.3.